The molecule has 1 aromatic carbocycles. The van der Waals surface area contributed by atoms with E-state index < -0.39 is 0 Å². The third-order valence-corrected chi connectivity index (χ3v) is 4.40. The van der Waals surface area contributed by atoms with Crippen LogP contribution in [0.3, 0.4) is 0 Å². The predicted octanol–water partition coefficient (Wildman–Crippen LogP) is 2.99. The van der Waals surface area contributed by atoms with Crippen molar-refractivity contribution in [3.8, 4) is 11.5 Å². The van der Waals surface area contributed by atoms with Gasteiger partial charge < -0.3 is 14.8 Å². The van der Waals surface area contributed by atoms with Crippen molar-refractivity contribution in [2.75, 3.05) is 18.5 Å². The summed E-state index contributed by atoms with van der Waals surface area (Å²) in [6, 6.07) is 5.96. The molecule has 4 nitrogen and oxygen atoms in total. The molecule has 0 spiro atoms. The number of anilines is 1. The minimum Gasteiger partial charge on any atom is -0.486 e. The lowest BCUT2D eigenvalue weighted by molar-refractivity contribution is -0.116. The van der Waals surface area contributed by atoms with Gasteiger partial charge in [-0.3, -0.25) is 4.79 Å². The van der Waals surface area contributed by atoms with E-state index in [1.165, 1.54) is 5.56 Å². The summed E-state index contributed by atoms with van der Waals surface area (Å²) in [6.45, 7) is 1.12. The predicted molar refractivity (Wildman–Crippen MR) is 76.8 cm³/mol. The van der Waals surface area contributed by atoms with E-state index in [0.29, 0.717) is 25.4 Å². The van der Waals surface area contributed by atoms with Crippen LogP contribution in [0.5, 0.6) is 11.5 Å². The lowest BCUT2D eigenvalue weighted by atomic mass is 9.86. The molecule has 1 aromatic heterocycles. The largest absolute Gasteiger partial charge is 0.486 e. The van der Waals surface area contributed by atoms with Gasteiger partial charge in [0.25, 0.3) is 0 Å². The van der Waals surface area contributed by atoms with E-state index in [-0.39, 0.29) is 11.8 Å². The Kier molecular flexibility index (Phi) is 2.67. The van der Waals surface area contributed by atoms with Gasteiger partial charge >= 0.3 is 0 Å². The summed E-state index contributed by atoms with van der Waals surface area (Å²) in [5.41, 5.74) is 3.12. The first kappa shape index (κ1) is 11.8. The average Bonchev–Trinajstić information content (AvgIpc) is 2.98. The van der Waals surface area contributed by atoms with Crippen LogP contribution >= 0.6 is 11.3 Å². The Labute approximate surface area is 120 Å². The van der Waals surface area contributed by atoms with Crippen molar-refractivity contribution < 1.29 is 14.3 Å². The van der Waals surface area contributed by atoms with Gasteiger partial charge in [0, 0.05) is 24.1 Å². The van der Waals surface area contributed by atoms with E-state index >= 15 is 0 Å². The monoisotopic (exact) mass is 287 g/mol. The van der Waals surface area contributed by atoms with Crippen molar-refractivity contribution in [2.45, 2.75) is 12.3 Å². The molecule has 1 N–H and O–H groups in total. The third-order valence-electron chi connectivity index (χ3n) is 3.70. The standard InChI is InChI=1S/C15H13NO3S/c17-15-6-10(9-1-4-20-8-9)11-5-13-14(7-12(11)16-15)19-3-2-18-13/h1,4-5,7-8,10H,2-3,6H2,(H,16,17)/t10-/m0/s1. The molecule has 1 atom stereocenters. The second-order valence-corrected chi connectivity index (χ2v) is 5.72. The van der Waals surface area contributed by atoms with Crippen molar-refractivity contribution in [3.63, 3.8) is 0 Å². The molecule has 0 fully saturated rings. The zero-order chi connectivity index (χ0) is 13.5. The number of fused-ring (bicyclic) bond motifs is 2. The van der Waals surface area contributed by atoms with Crippen LogP contribution in [0.4, 0.5) is 5.69 Å². The summed E-state index contributed by atoms with van der Waals surface area (Å²) in [5.74, 6) is 1.62. The Morgan fingerprint density at radius 1 is 1.20 bits per heavy atom. The summed E-state index contributed by atoms with van der Waals surface area (Å²) in [7, 11) is 0. The zero-order valence-corrected chi connectivity index (χ0v) is 11.5. The summed E-state index contributed by atoms with van der Waals surface area (Å²) in [5, 5.41) is 7.07. The Hall–Kier alpha value is -2.01. The fraction of sp³-hybridized carbons (Fsp3) is 0.267. The van der Waals surface area contributed by atoms with Gasteiger partial charge in [0.2, 0.25) is 5.91 Å². The molecule has 0 bridgehead atoms. The number of benzene rings is 1. The first-order valence-electron chi connectivity index (χ1n) is 6.57. The maximum atomic E-state index is 11.9. The Bertz CT molecular complexity index is 666. The van der Waals surface area contributed by atoms with Crippen LogP contribution in [0, 0.1) is 0 Å². The summed E-state index contributed by atoms with van der Waals surface area (Å²) >= 11 is 1.65. The van der Waals surface area contributed by atoms with E-state index in [9.17, 15) is 4.79 Å². The first-order chi connectivity index (χ1) is 9.81. The number of carbonyl (C=O) groups excluding carboxylic acids is 1. The molecular formula is C15H13NO3S. The molecule has 0 radical (unpaired) electrons. The fourth-order valence-corrected chi connectivity index (χ4v) is 3.48. The molecule has 0 saturated carbocycles. The zero-order valence-electron chi connectivity index (χ0n) is 10.7. The minimum atomic E-state index is 0.0466. The quantitative estimate of drug-likeness (QED) is 0.877. The Morgan fingerprint density at radius 3 is 2.75 bits per heavy atom. The van der Waals surface area contributed by atoms with E-state index in [1.807, 2.05) is 17.5 Å². The van der Waals surface area contributed by atoms with Gasteiger partial charge in [0.1, 0.15) is 13.2 Å². The minimum absolute atomic E-state index is 0.0466. The highest BCUT2D eigenvalue weighted by molar-refractivity contribution is 7.08. The van der Waals surface area contributed by atoms with E-state index in [0.717, 1.165) is 17.0 Å². The molecule has 3 heterocycles. The summed E-state index contributed by atoms with van der Waals surface area (Å²) in [4.78, 5) is 11.9. The highest BCUT2D eigenvalue weighted by Gasteiger charge is 2.29. The van der Waals surface area contributed by atoms with Crippen molar-refractivity contribution in [1.29, 1.82) is 0 Å². The van der Waals surface area contributed by atoms with Crippen LogP contribution in [0.25, 0.3) is 0 Å². The first-order valence-corrected chi connectivity index (χ1v) is 7.51. The number of carbonyl (C=O) groups is 1. The van der Waals surface area contributed by atoms with Gasteiger partial charge in [0.05, 0.1) is 0 Å². The van der Waals surface area contributed by atoms with E-state index in [4.69, 9.17) is 9.47 Å². The number of nitrogens with one attached hydrogen (secondary N) is 1. The molecule has 20 heavy (non-hydrogen) atoms. The molecule has 102 valence electrons. The SMILES string of the molecule is O=C1C[C@@H](c2ccsc2)c2cc3c(cc2N1)OCCO3. The number of thiophene rings is 1. The van der Waals surface area contributed by atoms with Crippen LogP contribution in [0.15, 0.2) is 29.0 Å². The van der Waals surface area contributed by atoms with E-state index in [2.05, 4.69) is 16.8 Å². The van der Waals surface area contributed by atoms with Crippen molar-refractivity contribution in [2.24, 2.45) is 0 Å². The number of hydrogen-bond acceptors (Lipinski definition) is 4. The summed E-state index contributed by atoms with van der Waals surface area (Å²) in [6.07, 6.45) is 0.476. The van der Waals surface area contributed by atoms with Crippen LogP contribution in [-0.2, 0) is 4.79 Å². The summed E-state index contributed by atoms with van der Waals surface area (Å²) < 4.78 is 11.2. The van der Waals surface area contributed by atoms with Gasteiger partial charge in [-0.05, 0) is 34.0 Å². The van der Waals surface area contributed by atoms with Crippen molar-refractivity contribution in [3.05, 3.63) is 40.1 Å². The fourth-order valence-electron chi connectivity index (χ4n) is 2.77. The molecule has 0 unspecified atom stereocenters. The average molecular weight is 287 g/mol. The molecule has 4 rings (SSSR count). The molecule has 5 heteroatoms. The van der Waals surface area contributed by atoms with Gasteiger partial charge in [-0.2, -0.15) is 11.3 Å². The van der Waals surface area contributed by atoms with Crippen molar-refractivity contribution in [1.82, 2.24) is 0 Å². The second kappa shape index (κ2) is 4.52. The van der Waals surface area contributed by atoms with Gasteiger partial charge in [0.15, 0.2) is 11.5 Å². The lowest BCUT2D eigenvalue weighted by Crippen LogP contribution is -2.24. The van der Waals surface area contributed by atoms with Gasteiger partial charge in [-0.1, -0.05) is 0 Å². The molecule has 2 aliphatic rings. The molecule has 2 aliphatic heterocycles. The van der Waals surface area contributed by atoms with Gasteiger partial charge in [-0.25, -0.2) is 0 Å². The van der Waals surface area contributed by atoms with Crippen molar-refractivity contribution >= 4 is 22.9 Å². The number of rotatable bonds is 1. The topological polar surface area (TPSA) is 47.6 Å². The highest BCUT2D eigenvalue weighted by atomic mass is 32.1. The normalized spacial score (nSPS) is 20.2. The molecular weight excluding hydrogens is 274 g/mol. The second-order valence-electron chi connectivity index (χ2n) is 4.94. The highest BCUT2D eigenvalue weighted by Crippen LogP contribution is 2.44. The molecule has 0 saturated heterocycles. The number of amides is 1. The number of ether oxygens (including phenoxy) is 2. The molecule has 0 aliphatic carbocycles. The smallest absolute Gasteiger partial charge is 0.225 e. The maximum Gasteiger partial charge on any atom is 0.225 e. The Balaban J connectivity index is 1.85. The van der Waals surface area contributed by atoms with Crippen LogP contribution in [-0.4, -0.2) is 19.1 Å². The molecule has 1 amide bonds. The number of hydrogen-bond donors (Lipinski definition) is 1. The van der Waals surface area contributed by atoms with E-state index in [1.54, 1.807) is 11.3 Å². The molecule has 2 aromatic rings. The maximum absolute atomic E-state index is 11.9. The van der Waals surface area contributed by atoms with Crippen LogP contribution < -0.4 is 14.8 Å². The lowest BCUT2D eigenvalue weighted by Gasteiger charge is -2.28. The van der Waals surface area contributed by atoms with Gasteiger partial charge in [-0.15, -0.1) is 0 Å². The third kappa shape index (κ3) is 1.86. The van der Waals surface area contributed by atoms with Crippen LogP contribution in [0.2, 0.25) is 0 Å². The van der Waals surface area contributed by atoms with Crippen LogP contribution in [0.1, 0.15) is 23.5 Å². The Morgan fingerprint density at radius 2 is 2.00 bits per heavy atom.